The van der Waals surface area contributed by atoms with Crippen molar-refractivity contribution in [3.63, 3.8) is 0 Å². The maximum Gasteiger partial charge on any atom is 0.280 e. The number of nitrogens with one attached hydrogen (secondary N) is 1. The van der Waals surface area contributed by atoms with Crippen LogP contribution in [0.15, 0.2) is 29.1 Å². The summed E-state index contributed by atoms with van der Waals surface area (Å²) in [4.78, 5) is 12.2. The lowest BCUT2D eigenvalue weighted by atomic mass is 9.98. The van der Waals surface area contributed by atoms with Crippen molar-refractivity contribution in [2.24, 2.45) is 0 Å². The highest BCUT2D eigenvalue weighted by molar-refractivity contribution is 6.16. The largest absolute Gasteiger partial charge is 0.508 e. The number of aromatic hydroxyl groups is 1. The highest BCUT2D eigenvalue weighted by atomic mass is 16.3. The van der Waals surface area contributed by atoms with Crippen molar-refractivity contribution in [2.75, 3.05) is 0 Å². The molecule has 0 aliphatic heterocycles. The predicted molar refractivity (Wildman–Crippen MR) is 68.4 cm³/mol. The van der Waals surface area contributed by atoms with Crippen LogP contribution in [0.25, 0.3) is 27.2 Å². The molecule has 2 aromatic carbocycles. The molecule has 0 saturated heterocycles. The molecule has 4 rings (SSSR count). The minimum Gasteiger partial charge on any atom is -0.508 e. The van der Waals surface area contributed by atoms with Gasteiger partial charge in [0.15, 0.2) is 5.65 Å². The summed E-state index contributed by atoms with van der Waals surface area (Å²) in [6.07, 6.45) is 0. The molecule has 2 aromatic heterocycles. The number of hydrogen-bond donors (Lipinski definition) is 2. The van der Waals surface area contributed by atoms with Crippen LogP contribution in [-0.2, 0) is 0 Å². The van der Waals surface area contributed by atoms with Crippen molar-refractivity contribution >= 4 is 27.2 Å². The fourth-order valence-corrected chi connectivity index (χ4v) is 2.56. The van der Waals surface area contributed by atoms with Crippen molar-refractivity contribution in [1.82, 2.24) is 14.8 Å². The Balaban J connectivity index is 2.50. The van der Waals surface area contributed by atoms with E-state index in [1.165, 1.54) is 4.52 Å². The number of rotatable bonds is 0. The molecule has 4 aromatic rings. The first kappa shape index (κ1) is 9.47. The number of fused-ring (bicyclic) bond motifs is 2. The van der Waals surface area contributed by atoms with Crippen LogP contribution >= 0.6 is 0 Å². The molecule has 2 heterocycles. The second-order valence-corrected chi connectivity index (χ2v) is 4.47. The number of aromatic nitrogens is 3. The molecule has 0 amide bonds. The van der Waals surface area contributed by atoms with Crippen LogP contribution in [0.2, 0.25) is 0 Å². The number of H-pyrrole nitrogens is 1. The molecule has 5 heteroatoms. The molecule has 5 nitrogen and oxygen atoms in total. The minimum atomic E-state index is -0.108. The van der Waals surface area contributed by atoms with Gasteiger partial charge in [-0.1, -0.05) is 12.1 Å². The fraction of sp³-hybridized carbons (Fsp3) is 0.0769. The normalized spacial score (nSPS) is 12.1. The molecule has 0 bridgehead atoms. The highest BCUT2D eigenvalue weighted by Gasteiger charge is 2.16. The summed E-state index contributed by atoms with van der Waals surface area (Å²) in [7, 11) is 0. The van der Waals surface area contributed by atoms with Crippen molar-refractivity contribution in [3.05, 3.63) is 40.2 Å². The van der Waals surface area contributed by atoms with Gasteiger partial charge in [0.1, 0.15) is 5.75 Å². The third kappa shape index (κ3) is 0.886. The third-order valence-electron chi connectivity index (χ3n) is 3.55. The summed E-state index contributed by atoms with van der Waals surface area (Å²) in [5, 5.41) is 19.8. The van der Waals surface area contributed by atoms with Crippen LogP contribution in [0, 0.1) is 6.92 Å². The monoisotopic (exact) mass is 239 g/mol. The van der Waals surface area contributed by atoms with Crippen molar-refractivity contribution in [3.8, 4) is 5.75 Å². The first-order chi connectivity index (χ1) is 8.68. The average Bonchev–Trinajstić information content (AvgIpc) is 2.32. The molecule has 2 N–H and O–H groups in total. The number of phenolic OH excluding ortho intramolecular Hbond substituents is 1. The van der Waals surface area contributed by atoms with E-state index in [0.717, 1.165) is 21.7 Å². The summed E-state index contributed by atoms with van der Waals surface area (Å²) in [5.41, 5.74) is 1.24. The Morgan fingerprint density at radius 2 is 2.06 bits per heavy atom. The van der Waals surface area contributed by atoms with Crippen LogP contribution in [0.5, 0.6) is 5.75 Å². The molecule has 0 atom stereocenters. The Bertz CT molecular complexity index is 965. The smallest absolute Gasteiger partial charge is 0.280 e. The van der Waals surface area contributed by atoms with E-state index in [4.69, 9.17) is 0 Å². The van der Waals surface area contributed by atoms with Gasteiger partial charge in [-0.15, -0.1) is 5.10 Å². The molecule has 0 aliphatic rings. The predicted octanol–water partition coefficient (Wildman–Crippen LogP) is 1.78. The quantitative estimate of drug-likeness (QED) is 0.491. The number of aryl methyl sites for hydroxylation is 1. The zero-order chi connectivity index (χ0) is 12.4. The zero-order valence-corrected chi connectivity index (χ0v) is 9.56. The van der Waals surface area contributed by atoms with Gasteiger partial charge >= 0.3 is 0 Å². The Labute approximate surface area is 101 Å². The van der Waals surface area contributed by atoms with E-state index in [9.17, 15) is 9.90 Å². The molecule has 88 valence electrons. The van der Waals surface area contributed by atoms with E-state index in [1.807, 2.05) is 19.1 Å². The second kappa shape index (κ2) is 2.81. The molecule has 0 saturated carbocycles. The van der Waals surface area contributed by atoms with Gasteiger partial charge in [-0.2, -0.15) is 4.52 Å². The van der Waals surface area contributed by atoms with Gasteiger partial charge in [0.2, 0.25) is 0 Å². The van der Waals surface area contributed by atoms with Gasteiger partial charge in [0.25, 0.3) is 5.56 Å². The molecule has 18 heavy (non-hydrogen) atoms. The number of phenols is 1. The third-order valence-corrected chi connectivity index (χ3v) is 3.55. The molecule has 0 fully saturated rings. The number of aromatic amines is 1. The van der Waals surface area contributed by atoms with E-state index in [-0.39, 0.29) is 11.3 Å². The Morgan fingerprint density at radius 1 is 1.28 bits per heavy atom. The summed E-state index contributed by atoms with van der Waals surface area (Å²) in [6.45, 7) is 1.84. The van der Waals surface area contributed by atoms with Crippen molar-refractivity contribution in [2.45, 2.75) is 6.92 Å². The van der Waals surface area contributed by atoms with E-state index in [1.54, 1.807) is 12.1 Å². The second-order valence-electron chi connectivity index (χ2n) is 4.47. The molecule has 0 aliphatic carbocycles. The Kier molecular flexibility index (Phi) is 1.48. The molecule has 0 spiro atoms. The lowest BCUT2D eigenvalue weighted by Crippen LogP contribution is -2.22. The summed E-state index contributed by atoms with van der Waals surface area (Å²) in [5.74, 6) is 0.221. The van der Waals surface area contributed by atoms with Gasteiger partial charge < -0.3 is 5.11 Å². The van der Waals surface area contributed by atoms with E-state index in [2.05, 4.69) is 10.3 Å². The van der Waals surface area contributed by atoms with E-state index < -0.39 is 0 Å². The lowest BCUT2D eigenvalue weighted by molar-refractivity contribution is 0.473. The van der Waals surface area contributed by atoms with Crippen LogP contribution in [0.3, 0.4) is 0 Å². The van der Waals surface area contributed by atoms with Crippen molar-refractivity contribution in [1.29, 1.82) is 0 Å². The maximum absolute atomic E-state index is 12.2. The maximum atomic E-state index is 12.2. The van der Waals surface area contributed by atoms with Crippen molar-refractivity contribution < 1.29 is 5.11 Å². The molecular weight excluding hydrogens is 230 g/mol. The van der Waals surface area contributed by atoms with E-state index >= 15 is 0 Å². The number of hydrogen-bond acceptors (Lipinski definition) is 3. The number of nitrogens with zero attached hydrogens (tertiary/aromatic N) is 2. The molecule has 0 radical (unpaired) electrons. The summed E-state index contributed by atoms with van der Waals surface area (Å²) >= 11 is 0. The van der Waals surface area contributed by atoms with Crippen LogP contribution in [-0.4, -0.2) is 19.9 Å². The standard InChI is InChI=1S/C13H9N3O2/c1-6-7-3-2-4-8-11(7)9(5-10(6)17)12-14-15-16(12)13(8)18/h2-5,15,17H,1H3. The topological polar surface area (TPSA) is 70.4 Å². The fourth-order valence-electron chi connectivity index (χ4n) is 2.56. The van der Waals surface area contributed by atoms with Crippen LogP contribution in [0.4, 0.5) is 0 Å². The zero-order valence-electron chi connectivity index (χ0n) is 9.56. The minimum absolute atomic E-state index is 0.108. The van der Waals surface area contributed by atoms with Gasteiger partial charge in [0, 0.05) is 10.8 Å². The molecular formula is C13H9N3O2. The SMILES string of the molecule is Cc1c(O)cc2c3c1cccc3c(=O)n1[nH]nc21. The first-order valence-corrected chi connectivity index (χ1v) is 5.62. The van der Waals surface area contributed by atoms with Gasteiger partial charge in [-0.3, -0.25) is 4.79 Å². The number of pyridine rings is 1. The Morgan fingerprint density at radius 3 is 2.78 bits per heavy atom. The summed E-state index contributed by atoms with van der Waals surface area (Å²) < 4.78 is 1.39. The first-order valence-electron chi connectivity index (χ1n) is 5.62. The van der Waals surface area contributed by atoms with Gasteiger partial charge in [-0.05, 0) is 30.0 Å². The highest BCUT2D eigenvalue weighted by Crippen LogP contribution is 2.34. The average molecular weight is 239 g/mol. The number of benzene rings is 2. The van der Waals surface area contributed by atoms with Crippen LogP contribution in [0.1, 0.15) is 5.56 Å². The van der Waals surface area contributed by atoms with Crippen LogP contribution < -0.4 is 5.56 Å². The lowest BCUT2D eigenvalue weighted by Gasteiger charge is -2.13. The van der Waals surface area contributed by atoms with Gasteiger partial charge in [0.05, 0.1) is 5.39 Å². The summed E-state index contributed by atoms with van der Waals surface area (Å²) in [6, 6.07) is 7.20. The van der Waals surface area contributed by atoms with E-state index in [0.29, 0.717) is 11.0 Å². The Hall–Kier alpha value is -2.56. The molecule has 0 unspecified atom stereocenters. The van der Waals surface area contributed by atoms with Gasteiger partial charge in [-0.25, -0.2) is 5.21 Å².